The number of nitrogens with one attached hydrogen (secondary N) is 2. The smallest absolute Gasteiger partial charge is 0.269 e. The molecule has 7 nitrogen and oxygen atoms in total. The molecule has 124 valence electrons. The summed E-state index contributed by atoms with van der Waals surface area (Å²) in [5.41, 5.74) is 0.671. The number of carbonyl (C=O) groups excluding carboxylic acids is 1. The molecule has 24 heavy (non-hydrogen) atoms. The Morgan fingerprint density at radius 3 is 2.21 bits per heavy atom. The number of halogens is 2. The lowest BCUT2D eigenvalue weighted by Crippen LogP contribution is -2.34. The van der Waals surface area contributed by atoms with Gasteiger partial charge < -0.3 is 10.4 Å². The van der Waals surface area contributed by atoms with Crippen molar-refractivity contribution in [1.82, 2.24) is 5.32 Å². The van der Waals surface area contributed by atoms with Crippen LogP contribution in [0.2, 0.25) is 0 Å². The lowest BCUT2D eigenvalue weighted by molar-refractivity contribution is -0.384. The van der Waals surface area contributed by atoms with Crippen molar-refractivity contribution in [3.8, 4) is 5.75 Å². The van der Waals surface area contributed by atoms with Crippen LogP contribution in [0, 0.1) is 10.1 Å². The van der Waals surface area contributed by atoms with Gasteiger partial charge in [0.15, 0.2) is 5.11 Å². The maximum absolute atomic E-state index is 12.0. The summed E-state index contributed by atoms with van der Waals surface area (Å²) in [7, 11) is 0. The Kier molecular flexibility index (Phi) is 5.86. The molecule has 3 N–H and O–H groups in total. The van der Waals surface area contributed by atoms with Crippen LogP contribution in [0.15, 0.2) is 45.3 Å². The van der Waals surface area contributed by atoms with Crippen LogP contribution in [0.25, 0.3) is 0 Å². The zero-order chi connectivity index (χ0) is 17.9. The number of anilines is 1. The van der Waals surface area contributed by atoms with Gasteiger partial charge in [-0.15, -0.1) is 0 Å². The van der Waals surface area contributed by atoms with E-state index in [1.807, 2.05) is 0 Å². The second kappa shape index (κ2) is 7.69. The molecule has 0 saturated heterocycles. The number of hydrogen-bond donors (Lipinski definition) is 3. The average molecular weight is 475 g/mol. The highest BCUT2D eigenvalue weighted by Crippen LogP contribution is 2.35. The predicted molar refractivity (Wildman–Crippen MR) is 100 cm³/mol. The number of non-ortho nitro benzene ring substituents is 1. The Balaban J connectivity index is 2.04. The Hall–Kier alpha value is -2.04. The van der Waals surface area contributed by atoms with Crippen molar-refractivity contribution in [2.75, 3.05) is 5.32 Å². The number of phenolic OH excluding ortho intramolecular Hbond substituents is 1. The Morgan fingerprint density at radius 1 is 1.17 bits per heavy atom. The third-order valence-electron chi connectivity index (χ3n) is 2.84. The summed E-state index contributed by atoms with van der Waals surface area (Å²) >= 11 is 11.4. The van der Waals surface area contributed by atoms with E-state index in [9.17, 15) is 20.0 Å². The highest BCUT2D eigenvalue weighted by atomic mass is 79.9. The number of nitro benzene ring substituents is 1. The van der Waals surface area contributed by atoms with Gasteiger partial charge in [0.1, 0.15) is 5.75 Å². The van der Waals surface area contributed by atoms with Crippen molar-refractivity contribution in [1.29, 1.82) is 0 Å². The molecular weight excluding hydrogens is 466 g/mol. The van der Waals surface area contributed by atoms with Crippen LogP contribution in [-0.2, 0) is 0 Å². The minimum atomic E-state index is -0.547. The molecule has 0 aliphatic rings. The van der Waals surface area contributed by atoms with E-state index in [0.29, 0.717) is 14.6 Å². The Labute approximate surface area is 158 Å². The molecule has 1 amide bonds. The fourth-order valence-electron chi connectivity index (χ4n) is 1.71. The van der Waals surface area contributed by atoms with E-state index in [2.05, 4.69) is 42.5 Å². The van der Waals surface area contributed by atoms with Crippen LogP contribution in [-0.4, -0.2) is 21.0 Å². The quantitative estimate of drug-likeness (QED) is 0.269. The fraction of sp³-hybridized carbons (Fsp3) is 0. The summed E-state index contributed by atoms with van der Waals surface area (Å²) in [5, 5.41) is 25.5. The first-order chi connectivity index (χ1) is 11.3. The number of benzene rings is 2. The number of carbonyl (C=O) groups is 1. The predicted octanol–water partition coefficient (Wildman–Crippen LogP) is 3.95. The summed E-state index contributed by atoms with van der Waals surface area (Å²) < 4.78 is 0.896. The molecule has 0 bridgehead atoms. The Bertz CT molecular complexity index is 804. The third kappa shape index (κ3) is 4.49. The minimum absolute atomic E-state index is 0.0429. The van der Waals surface area contributed by atoms with Crippen LogP contribution < -0.4 is 10.6 Å². The number of nitro groups is 1. The second-order valence-electron chi connectivity index (χ2n) is 4.50. The summed E-state index contributed by atoms with van der Waals surface area (Å²) in [6.45, 7) is 0. The molecule has 2 rings (SSSR count). The van der Waals surface area contributed by atoms with E-state index < -0.39 is 10.8 Å². The SMILES string of the molecule is O=C(NC(=S)Nc1cc(Br)c(O)c(Br)c1)c1ccc([N+](=O)[O-])cc1. The molecule has 2 aromatic rings. The minimum Gasteiger partial charge on any atom is -0.506 e. The van der Waals surface area contributed by atoms with Gasteiger partial charge in [0.25, 0.3) is 11.6 Å². The largest absolute Gasteiger partial charge is 0.506 e. The standard InChI is InChI=1S/C14H9Br2N3O4S/c15-10-5-8(6-11(16)12(10)20)17-14(24)18-13(21)7-1-3-9(4-2-7)19(22)23/h1-6,20H,(H2,17,18,21,24). The average Bonchev–Trinajstić information content (AvgIpc) is 2.52. The molecule has 2 aromatic carbocycles. The monoisotopic (exact) mass is 473 g/mol. The van der Waals surface area contributed by atoms with E-state index >= 15 is 0 Å². The molecule has 0 aliphatic heterocycles. The number of aromatic hydroxyl groups is 1. The molecule has 0 radical (unpaired) electrons. The van der Waals surface area contributed by atoms with E-state index in [4.69, 9.17) is 12.2 Å². The normalized spacial score (nSPS) is 10.1. The molecule has 0 saturated carbocycles. The van der Waals surface area contributed by atoms with Crippen molar-refractivity contribution >= 4 is 66.5 Å². The van der Waals surface area contributed by atoms with Crippen molar-refractivity contribution < 1.29 is 14.8 Å². The molecule has 0 atom stereocenters. The fourth-order valence-corrected chi connectivity index (χ4v) is 3.11. The molecule has 0 unspecified atom stereocenters. The van der Waals surface area contributed by atoms with Gasteiger partial charge in [0.05, 0.1) is 13.9 Å². The molecule has 0 aromatic heterocycles. The molecular formula is C14H9Br2N3O4S. The topological polar surface area (TPSA) is 104 Å². The summed E-state index contributed by atoms with van der Waals surface area (Å²) in [6.07, 6.45) is 0. The van der Waals surface area contributed by atoms with Crippen molar-refractivity contribution in [2.45, 2.75) is 0 Å². The van der Waals surface area contributed by atoms with Crippen molar-refractivity contribution in [3.63, 3.8) is 0 Å². The van der Waals surface area contributed by atoms with Crippen LogP contribution in [0.5, 0.6) is 5.75 Å². The maximum atomic E-state index is 12.0. The first-order valence-corrected chi connectivity index (χ1v) is 8.32. The van der Waals surface area contributed by atoms with E-state index in [1.165, 1.54) is 24.3 Å². The van der Waals surface area contributed by atoms with Crippen LogP contribution in [0.3, 0.4) is 0 Å². The first-order valence-electron chi connectivity index (χ1n) is 6.32. The second-order valence-corrected chi connectivity index (χ2v) is 6.62. The summed E-state index contributed by atoms with van der Waals surface area (Å²) in [4.78, 5) is 22.1. The van der Waals surface area contributed by atoms with Crippen LogP contribution >= 0.6 is 44.1 Å². The zero-order valence-electron chi connectivity index (χ0n) is 11.7. The van der Waals surface area contributed by atoms with E-state index in [0.717, 1.165) is 0 Å². The maximum Gasteiger partial charge on any atom is 0.269 e. The highest BCUT2D eigenvalue weighted by molar-refractivity contribution is 9.11. The number of rotatable bonds is 3. The van der Waals surface area contributed by atoms with Gasteiger partial charge >= 0.3 is 0 Å². The van der Waals surface area contributed by atoms with Gasteiger partial charge in [-0.2, -0.15) is 0 Å². The number of thiocarbonyl (C=S) groups is 1. The van der Waals surface area contributed by atoms with Gasteiger partial charge in [-0.05, 0) is 68.3 Å². The molecule has 0 spiro atoms. The van der Waals surface area contributed by atoms with Gasteiger partial charge in [0, 0.05) is 23.4 Å². The number of phenols is 1. The summed E-state index contributed by atoms with van der Waals surface area (Å²) in [6, 6.07) is 8.32. The van der Waals surface area contributed by atoms with Crippen molar-refractivity contribution in [3.05, 3.63) is 61.0 Å². The zero-order valence-corrected chi connectivity index (χ0v) is 15.7. The van der Waals surface area contributed by atoms with Gasteiger partial charge in [0.2, 0.25) is 0 Å². The lowest BCUT2D eigenvalue weighted by Gasteiger charge is -2.11. The molecule has 0 heterocycles. The number of nitrogens with zero attached hydrogens (tertiary/aromatic N) is 1. The van der Waals surface area contributed by atoms with Gasteiger partial charge in [-0.25, -0.2) is 0 Å². The summed E-state index contributed by atoms with van der Waals surface area (Å²) in [5.74, 6) is -0.458. The molecule has 0 aliphatic carbocycles. The van der Waals surface area contributed by atoms with E-state index in [1.54, 1.807) is 12.1 Å². The Morgan fingerprint density at radius 2 is 1.71 bits per heavy atom. The molecule has 10 heteroatoms. The van der Waals surface area contributed by atoms with Crippen molar-refractivity contribution in [2.24, 2.45) is 0 Å². The number of hydrogen-bond acceptors (Lipinski definition) is 5. The number of amides is 1. The van der Waals surface area contributed by atoms with Crippen LogP contribution in [0.1, 0.15) is 10.4 Å². The third-order valence-corrected chi connectivity index (χ3v) is 4.26. The lowest BCUT2D eigenvalue weighted by atomic mass is 10.2. The highest BCUT2D eigenvalue weighted by Gasteiger charge is 2.12. The van der Waals surface area contributed by atoms with Gasteiger partial charge in [-0.3, -0.25) is 20.2 Å². The van der Waals surface area contributed by atoms with Gasteiger partial charge in [-0.1, -0.05) is 0 Å². The van der Waals surface area contributed by atoms with Crippen LogP contribution in [0.4, 0.5) is 11.4 Å². The first kappa shape index (κ1) is 18.3. The molecule has 0 fully saturated rings. The van der Waals surface area contributed by atoms with E-state index in [-0.39, 0.29) is 22.1 Å².